The Balaban J connectivity index is 1.36. The molecule has 2 aliphatic rings. The van der Waals surface area contributed by atoms with Crippen LogP contribution in [0.5, 0.6) is 0 Å². The van der Waals surface area contributed by atoms with Gasteiger partial charge in [0, 0.05) is 10.6 Å². The first kappa shape index (κ1) is 16.8. The molecule has 2 amide bonds. The van der Waals surface area contributed by atoms with Crippen molar-refractivity contribution in [3.63, 3.8) is 0 Å². The Kier molecular flexibility index (Phi) is 4.28. The number of amides is 2. The molecule has 0 atom stereocenters. The molecular formula is C20H17NO4S. The summed E-state index contributed by atoms with van der Waals surface area (Å²) in [5.41, 5.74) is 0.438. The molecule has 0 unspecified atom stereocenters. The average molecular weight is 367 g/mol. The van der Waals surface area contributed by atoms with Crippen LogP contribution in [-0.2, 0) is 9.63 Å². The van der Waals surface area contributed by atoms with Crippen molar-refractivity contribution in [2.75, 3.05) is 5.75 Å². The predicted molar refractivity (Wildman–Crippen MR) is 96.5 cm³/mol. The average Bonchev–Trinajstić information content (AvgIpc) is 3.39. The lowest BCUT2D eigenvalue weighted by atomic mass is 10.1. The summed E-state index contributed by atoms with van der Waals surface area (Å²) in [6, 6.07) is 16.5. The monoisotopic (exact) mass is 367 g/mol. The molecule has 132 valence electrons. The van der Waals surface area contributed by atoms with Gasteiger partial charge in [-0.15, -0.1) is 11.8 Å². The molecule has 0 aromatic heterocycles. The Morgan fingerprint density at radius 3 is 2.12 bits per heavy atom. The van der Waals surface area contributed by atoms with Crippen LogP contribution in [0.2, 0.25) is 0 Å². The number of nitrogens with zero attached hydrogens (tertiary/aromatic N) is 1. The molecule has 1 heterocycles. The summed E-state index contributed by atoms with van der Waals surface area (Å²) in [7, 11) is 0. The lowest BCUT2D eigenvalue weighted by molar-refractivity contribution is -0.169. The van der Waals surface area contributed by atoms with Gasteiger partial charge < -0.3 is 4.84 Å². The molecule has 4 rings (SSSR count). The van der Waals surface area contributed by atoms with Crippen molar-refractivity contribution >= 4 is 29.5 Å². The van der Waals surface area contributed by atoms with Crippen LogP contribution in [0.3, 0.4) is 0 Å². The highest BCUT2D eigenvalue weighted by Gasteiger charge is 2.46. The molecule has 0 saturated heterocycles. The van der Waals surface area contributed by atoms with Crippen LogP contribution in [0, 0.1) is 5.41 Å². The molecule has 1 saturated carbocycles. The zero-order valence-electron chi connectivity index (χ0n) is 14.0. The number of hydrogen-bond donors (Lipinski definition) is 0. The van der Waals surface area contributed by atoms with E-state index in [9.17, 15) is 14.4 Å². The Morgan fingerprint density at radius 2 is 1.54 bits per heavy atom. The van der Waals surface area contributed by atoms with Crippen LogP contribution >= 0.6 is 11.8 Å². The maximum Gasteiger partial charge on any atom is 0.333 e. The van der Waals surface area contributed by atoms with Crippen LogP contribution < -0.4 is 0 Å². The number of imide groups is 1. The van der Waals surface area contributed by atoms with Crippen molar-refractivity contribution < 1.29 is 19.2 Å². The number of fused-ring (bicyclic) bond motifs is 1. The minimum absolute atomic E-state index is 0.101. The molecule has 0 N–H and O–H groups in total. The van der Waals surface area contributed by atoms with Gasteiger partial charge in [0.05, 0.1) is 17.5 Å². The summed E-state index contributed by atoms with van der Waals surface area (Å²) >= 11 is 1.71. The highest BCUT2D eigenvalue weighted by molar-refractivity contribution is 7.99. The van der Waals surface area contributed by atoms with Gasteiger partial charge in [0.1, 0.15) is 0 Å². The molecule has 2 aromatic carbocycles. The molecule has 6 heteroatoms. The number of hydrogen-bond acceptors (Lipinski definition) is 5. The molecule has 1 aliphatic carbocycles. The van der Waals surface area contributed by atoms with Gasteiger partial charge in [-0.05, 0) is 42.5 Å². The van der Waals surface area contributed by atoms with E-state index in [0.29, 0.717) is 5.06 Å². The first-order valence-corrected chi connectivity index (χ1v) is 9.43. The van der Waals surface area contributed by atoms with Crippen molar-refractivity contribution in [3.05, 3.63) is 65.7 Å². The van der Waals surface area contributed by atoms with Crippen LogP contribution in [0.1, 0.15) is 40.0 Å². The summed E-state index contributed by atoms with van der Waals surface area (Å²) in [5.74, 6) is -0.885. The van der Waals surface area contributed by atoms with E-state index in [-0.39, 0.29) is 23.0 Å². The lowest BCUT2D eigenvalue weighted by Crippen LogP contribution is -2.33. The summed E-state index contributed by atoms with van der Waals surface area (Å²) in [4.78, 5) is 43.1. The molecule has 1 fully saturated rings. The second kappa shape index (κ2) is 6.61. The van der Waals surface area contributed by atoms with E-state index >= 15 is 0 Å². The van der Waals surface area contributed by atoms with E-state index in [1.165, 1.54) is 0 Å². The van der Waals surface area contributed by atoms with Gasteiger partial charge in [-0.2, -0.15) is 0 Å². The van der Waals surface area contributed by atoms with Gasteiger partial charge in [0.15, 0.2) is 0 Å². The quantitative estimate of drug-likeness (QED) is 0.575. The van der Waals surface area contributed by atoms with E-state index in [1.807, 2.05) is 30.3 Å². The van der Waals surface area contributed by atoms with Gasteiger partial charge in [0.2, 0.25) is 0 Å². The molecule has 1 aliphatic heterocycles. The zero-order chi connectivity index (χ0) is 18.1. The maximum absolute atomic E-state index is 12.3. The van der Waals surface area contributed by atoms with Crippen LogP contribution in [-0.4, -0.2) is 28.6 Å². The van der Waals surface area contributed by atoms with Crippen molar-refractivity contribution in [2.45, 2.75) is 24.2 Å². The topological polar surface area (TPSA) is 63.7 Å². The first-order chi connectivity index (χ1) is 12.6. The third kappa shape index (κ3) is 3.24. The summed E-state index contributed by atoms with van der Waals surface area (Å²) in [6.45, 7) is 0. The fourth-order valence-corrected chi connectivity index (χ4v) is 4.21. The van der Waals surface area contributed by atoms with Crippen LogP contribution in [0.4, 0.5) is 0 Å². The minimum Gasteiger partial charge on any atom is -0.330 e. The second-order valence-electron chi connectivity index (χ2n) is 6.69. The second-order valence-corrected chi connectivity index (χ2v) is 7.74. The smallest absolute Gasteiger partial charge is 0.330 e. The van der Waals surface area contributed by atoms with E-state index in [2.05, 4.69) is 0 Å². The fraction of sp³-hybridized carbons (Fsp3) is 0.250. The molecule has 0 bridgehead atoms. The van der Waals surface area contributed by atoms with Gasteiger partial charge in [0.25, 0.3) is 11.8 Å². The normalized spacial score (nSPS) is 17.2. The van der Waals surface area contributed by atoms with E-state index in [1.54, 1.807) is 36.0 Å². The third-order valence-electron chi connectivity index (χ3n) is 4.71. The first-order valence-electron chi connectivity index (χ1n) is 8.44. The molecule has 0 radical (unpaired) electrons. The number of benzene rings is 2. The van der Waals surface area contributed by atoms with Crippen molar-refractivity contribution in [1.29, 1.82) is 0 Å². The van der Waals surface area contributed by atoms with Crippen molar-refractivity contribution in [3.8, 4) is 0 Å². The summed E-state index contributed by atoms with van der Waals surface area (Å²) in [5, 5.41) is 0.591. The van der Waals surface area contributed by atoms with Gasteiger partial charge in [-0.3, -0.25) is 9.59 Å². The fourth-order valence-electron chi connectivity index (χ4n) is 2.99. The number of thioether (sulfide) groups is 1. The number of carbonyl (C=O) groups is 3. The Morgan fingerprint density at radius 1 is 0.962 bits per heavy atom. The molecule has 5 nitrogen and oxygen atoms in total. The Labute approximate surface area is 155 Å². The third-order valence-corrected chi connectivity index (χ3v) is 6.08. The minimum atomic E-state index is -0.581. The summed E-state index contributed by atoms with van der Waals surface area (Å²) < 4.78 is 0. The number of carbonyl (C=O) groups excluding carboxylic acids is 3. The SMILES string of the molecule is O=C(CC1(CSc2ccccc2)CC1)ON1C(=O)c2ccccc2C1=O. The lowest BCUT2D eigenvalue weighted by Gasteiger charge is -2.17. The molecule has 2 aromatic rings. The zero-order valence-corrected chi connectivity index (χ0v) is 14.8. The van der Waals surface area contributed by atoms with Crippen LogP contribution in [0.15, 0.2) is 59.5 Å². The molecule has 0 spiro atoms. The number of rotatable bonds is 6. The van der Waals surface area contributed by atoms with Gasteiger partial charge >= 0.3 is 5.97 Å². The predicted octanol–water partition coefficient (Wildman–Crippen LogP) is 3.70. The summed E-state index contributed by atoms with van der Waals surface area (Å²) in [6.07, 6.45) is 2.11. The van der Waals surface area contributed by atoms with Crippen molar-refractivity contribution in [2.24, 2.45) is 5.41 Å². The van der Waals surface area contributed by atoms with Crippen LogP contribution in [0.25, 0.3) is 0 Å². The standard InChI is InChI=1S/C20H17NO4S/c22-17(12-20(10-11-20)13-26-14-6-2-1-3-7-14)25-21-18(23)15-8-4-5-9-16(15)19(21)24/h1-9H,10-13H2. The highest BCUT2D eigenvalue weighted by atomic mass is 32.2. The maximum atomic E-state index is 12.3. The van der Waals surface area contributed by atoms with Crippen molar-refractivity contribution in [1.82, 2.24) is 5.06 Å². The Bertz CT molecular complexity index is 841. The van der Waals surface area contributed by atoms with Gasteiger partial charge in [-0.25, -0.2) is 4.79 Å². The highest BCUT2D eigenvalue weighted by Crippen LogP contribution is 2.52. The largest absolute Gasteiger partial charge is 0.333 e. The van der Waals surface area contributed by atoms with E-state index in [0.717, 1.165) is 23.5 Å². The number of hydroxylamine groups is 2. The van der Waals surface area contributed by atoms with E-state index < -0.39 is 17.8 Å². The van der Waals surface area contributed by atoms with E-state index in [4.69, 9.17) is 4.84 Å². The molecular weight excluding hydrogens is 350 g/mol. The van der Waals surface area contributed by atoms with Gasteiger partial charge in [-0.1, -0.05) is 35.4 Å². The Hall–Kier alpha value is -2.60. The molecule has 26 heavy (non-hydrogen) atoms.